The van der Waals surface area contributed by atoms with Crippen LogP contribution in [0.1, 0.15) is 25.5 Å². The molecule has 0 amide bonds. The molecular formula is C24H27FN4O4S. The van der Waals surface area contributed by atoms with E-state index in [9.17, 15) is 9.50 Å². The molecule has 34 heavy (non-hydrogen) atoms. The maximum atomic E-state index is 14.6. The SMILES string of the molecule is [2H]C(N[C@@H]1CC[C@@H](C(O)Cc2c(F)cnc3ccc(OC)nc23)OC1)c1cc2c(cn1)OCCS2. The van der Waals surface area contributed by atoms with E-state index in [0.29, 0.717) is 48.7 Å². The summed E-state index contributed by atoms with van der Waals surface area (Å²) in [5.74, 6) is 1.48. The molecule has 2 aliphatic heterocycles. The highest BCUT2D eigenvalue weighted by Gasteiger charge is 2.29. The quantitative estimate of drug-likeness (QED) is 0.521. The van der Waals surface area contributed by atoms with Crippen molar-refractivity contribution in [3.8, 4) is 11.6 Å². The van der Waals surface area contributed by atoms with Crippen LogP contribution in [0.15, 0.2) is 35.5 Å². The molecule has 1 fully saturated rings. The molecule has 4 atom stereocenters. The maximum absolute atomic E-state index is 14.6. The molecule has 3 aromatic rings. The van der Waals surface area contributed by atoms with Crippen LogP contribution in [-0.4, -0.2) is 64.4 Å². The Bertz CT molecular complexity index is 1200. The van der Waals surface area contributed by atoms with Crippen molar-refractivity contribution in [2.24, 2.45) is 0 Å². The predicted molar refractivity (Wildman–Crippen MR) is 126 cm³/mol. The number of halogens is 1. The van der Waals surface area contributed by atoms with Crippen molar-refractivity contribution in [3.63, 3.8) is 0 Å². The van der Waals surface area contributed by atoms with Crippen LogP contribution in [0.25, 0.3) is 11.0 Å². The summed E-state index contributed by atoms with van der Waals surface area (Å²) in [6, 6.07) is 5.23. The monoisotopic (exact) mass is 487 g/mol. The maximum Gasteiger partial charge on any atom is 0.213 e. The van der Waals surface area contributed by atoms with Gasteiger partial charge in [-0.3, -0.25) is 9.97 Å². The topological polar surface area (TPSA) is 98.6 Å². The van der Waals surface area contributed by atoms with Gasteiger partial charge in [-0.25, -0.2) is 9.37 Å². The van der Waals surface area contributed by atoms with Crippen LogP contribution in [-0.2, 0) is 17.7 Å². The number of rotatable bonds is 7. The van der Waals surface area contributed by atoms with Crippen LogP contribution in [0.2, 0.25) is 0 Å². The smallest absolute Gasteiger partial charge is 0.213 e. The van der Waals surface area contributed by atoms with Crippen molar-refractivity contribution < 1.29 is 25.1 Å². The molecule has 5 rings (SSSR count). The van der Waals surface area contributed by atoms with Gasteiger partial charge in [-0.05, 0) is 25.0 Å². The molecule has 0 aliphatic carbocycles. The molecule has 180 valence electrons. The normalized spacial score (nSPS) is 22.4. The van der Waals surface area contributed by atoms with Gasteiger partial charge in [0.05, 0.1) is 66.5 Å². The Morgan fingerprint density at radius 2 is 2.26 bits per heavy atom. The van der Waals surface area contributed by atoms with Crippen molar-refractivity contribution in [2.75, 3.05) is 26.1 Å². The second-order valence-corrected chi connectivity index (χ2v) is 9.42. The number of nitrogens with one attached hydrogen (secondary N) is 1. The van der Waals surface area contributed by atoms with E-state index in [1.807, 2.05) is 6.07 Å². The first-order valence-corrected chi connectivity index (χ1v) is 12.2. The largest absolute Gasteiger partial charge is 0.490 e. The summed E-state index contributed by atoms with van der Waals surface area (Å²) in [6.45, 7) is 0.310. The van der Waals surface area contributed by atoms with E-state index in [-0.39, 0.29) is 18.0 Å². The Morgan fingerprint density at radius 1 is 1.35 bits per heavy atom. The number of aromatic nitrogens is 3. The van der Waals surface area contributed by atoms with Crippen LogP contribution in [0.4, 0.5) is 4.39 Å². The number of aliphatic hydroxyl groups is 1. The lowest BCUT2D eigenvalue weighted by Crippen LogP contribution is -2.44. The van der Waals surface area contributed by atoms with E-state index in [0.717, 1.165) is 22.6 Å². The number of nitrogens with zero attached hydrogens (tertiary/aromatic N) is 3. The predicted octanol–water partition coefficient (Wildman–Crippen LogP) is 2.90. The fraction of sp³-hybridized carbons (Fsp3) is 0.458. The summed E-state index contributed by atoms with van der Waals surface area (Å²) in [6.07, 6.45) is 2.81. The zero-order valence-electron chi connectivity index (χ0n) is 19.7. The van der Waals surface area contributed by atoms with Crippen LogP contribution >= 0.6 is 11.8 Å². The third kappa shape index (κ3) is 5.10. The first kappa shape index (κ1) is 22.0. The lowest BCUT2D eigenvalue weighted by molar-refractivity contribution is -0.0719. The molecule has 0 aromatic carbocycles. The van der Waals surface area contributed by atoms with E-state index >= 15 is 0 Å². The van der Waals surface area contributed by atoms with Gasteiger partial charge in [-0.1, -0.05) is 0 Å². The third-order valence-electron chi connectivity index (χ3n) is 6.02. The minimum atomic E-state index is -0.907. The molecular weight excluding hydrogens is 459 g/mol. The average Bonchev–Trinajstić information content (AvgIpc) is 2.90. The van der Waals surface area contributed by atoms with E-state index < -0.39 is 24.5 Å². The average molecular weight is 488 g/mol. The molecule has 2 unspecified atom stereocenters. The van der Waals surface area contributed by atoms with Crippen LogP contribution in [0.5, 0.6) is 11.6 Å². The van der Waals surface area contributed by atoms with Gasteiger partial charge >= 0.3 is 0 Å². The number of thioether (sulfide) groups is 1. The third-order valence-corrected chi connectivity index (χ3v) is 7.02. The highest BCUT2D eigenvalue weighted by Crippen LogP contribution is 2.32. The van der Waals surface area contributed by atoms with Crippen molar-refractivity contribution in [2.45, 2.75) is 48.9 Å². The molecule has 0 bridgehead atoms. The number of methoxy groups -OCH3 is 1. The number of pyridine rings is 3. The molecule has 8 nitrogen and oxygen atoms in total. The van der Waals surface area contributed by atoms with Crippen molar-refractivity contribution in [1.29, 1.82) is 0 Å². The molecule has 2 aliphatic rings. The lowest BCUT2D eigenvalue weighted by atomic mass is 9.96. The second-order valence-electron chi connectivity index (χ2n) is 8.29. The molecule has 2 N–H and O–H groups in total. The van der Waals surface area contributed by atoms with Gasteiger partial charge in [0.2, 0.25) is 5.88 Å². The minimum Gasteiger partial charge on any atom is -0.490 e. The molecule has 5 heterocycles. The Balaban J connectivity index is 1.19. The van der Waals surface area contributed by atoms with Crippen LogP contribution in [0.3, 0.4) is 0 Å². The summed E-state index contributed by atoms with van der Waals surface area (Å²) in [4.78, 5) is 13.8. The molecule has 3 aromatic heterocycles. The molecule has 10 heteroatoms. The van der Waals surface area contributed by atoms with E-state index in [4.69, 9.17) is 15.6 Å². The fourth-order valence-corrected chi connectivity index (χ4v) is 5.02. The summed E-state index contributed by atoms with van der Waals surface area (Å²) < 4.78 is 39.8. The van der Waals surface area contributed by atoms with Gasteiger partial charge in [-0.2, -0.15) is 0 Å². The number of hydrogen-bond donors (Lipinski definition) is 2. The standard InChI is InChI=1S/C24H27FN4O4S/c1-31-23-5-3-18-24(29-23)16(17(25)11-28-18)9-19(30)20-4-2-14(13-33-20)26-10-15-8-22-21(12-27-15)32-6-7-34-22/h3,5,8,11-12,14,19-20,26,30H,2,4,6-7,9-10,13H2,1H3/t14-,19?,20+/m1/s1/i10D/t10?,14-,19?,20+. The Hall–Kier alpha value is -2.53. The first-order chi connectivity index (χ1) is 17.0. The zero-order chi connectivity index (χ0) is 24.4. The fourth-order valence-electron chi connectivity index (χ4n) is 4.18. The number of aliphatic hydroxyl groups excluding tert-OH is 1. The molecule has 0 radical (unpaired) electrons. The van der Waals surface area contributed by atoms with E-state index in [2.05, 4.69) is 20.3 Å². The molecule has 0 spiro atoms. The van der Waals surface area contributed by atoms with Crippen LogP contribution in [0, 0.1) is 5.82 Å². The van der Waals surface area contributed by atoms with Gasteiger partial charge in [0.1, 0.15) is 5.82 Å². The highest BCUT2D eigenvalue weighted by atomic mass is 32.2. The van der Waals surface area contributed by atoms with Gasteiger partial charge in [0, 0.05) is 37.7 Å². The number of fused-ring (bicyclic) bond motifs is 2. The lowest BCUT2D eigenvalue weighted by Gasteiger charge is -2.32. The minimum absolute atomic E-state index is 0.0490. The summed E-state index contributed by atoms with van der Waals surface area (Å²) >= 11 is 1.70. The van der Waals surface area contributed by atoms with Gasteiger partial charge in [0.25, 0.3) is 0 Å². The van der Waals surface area contributed by atoms with Gasteiger partial charge < -0.3 is 24.6 Å². The number of hydrogen-bond acceptors (Lipinski definition) is 9. The zero-order valence-corrected chi connectivity index (χ0v) is 19.6. The van der Waals surface area contributed by atoms with E-state index in [1.165, 1.54) is 7.11 Å². The summed E-state index contributed by atoms with van der Waals surface area (Å²) in [5.41, 5.74) is 1.83. The molecule has 0 saturated carbocycles. The Kier molecular flexibility index (Phi) is 6.71. The summed E-state index contributed by atoms with van der Waals surface area (Å²) in [7, 11) is 1.49. The van der Waals surface area contributed by atoms with E-state index in [1.54, 1.807) is 30.1 Å². The Morgan fingerprint density at radius 3 is 3.09 bits per heavy atom. The van der Waals surface area contributed by atoms with Gasteiger partial charge in [0.15, 0.2) is 5.75 Å². The summed E-state index contributed by atoms with van der Waals surface area (Å²) in [5, 5.41) is 14.1. The Labute approximate surface area is 202 Å². The van der Waals surface area contributed by atoms with Gasteiger partial charge in [-0.15, -0.1) is 11.8 Å². The number of ether oxygens (including phenoxy) is 3. The highest BCUT2D eigenvalue weighted by molar-refractivity contribution is 7.99. The van der Waals surface area contributed by atoms with Crippen molar-refractivity contribution in [3.05, 3.63) is 47.7 Å². The van der Waals surface area contributed by atoms with Crippen LogP contribution < -0.4 is 14.8 Å². The second kappa shape index (κ2) is 10.4. The van der Waals surface area contributed by atoms with Crippen molar-refractivity contribution in [1.82, 2.24) is 20.3 Å². The van der Waals surface area contributed by atoms with Crippen molar-refractivity contribution >= 4 is 22.8 Å². The molecule has 1 saturated heterocycles. The first-order valence-electron chi connectivity index (χ1n) is 11.8.